The molecule has 4 N–H and O–H groups in total. The van der Waals surface area contributed by atoms with E-state index in [4.69, 9.17) is 46.4 Å². The number of hydrogen-bond donors (Lipinski definition) is 4. The average molecular weight is 739 g/mol. The van der Waals surface area contributed by atoms with Crippen LogP contribution in [-0.2, 0) is 4.79 Å². The smallest absolute Gasteiger partial charge is 0.321 e. The highest BCUT2D eigenvalue weighted by molar-refractivity contribution is 6.42. The van der Waals surface area contributed by atoms with Gasteiger partial charge in [-0.05, 0) is 66.7 Å². The van der Waals surface area contributed by atoms with Crippen LogP contribution in [0, 0.1) is 0 Å². The van der Waals surface area contributed by atoms with Gasteiger partial charge in [-0.25, -0.2) is 9.59 Å². The molecule has 2 atom stereocenters. The van der Waals surface area contributed by atoms with Gasteiger partial charge in [-0.3, -0.25) is 0 Å². The number of amides is 2. The monoisotopic (exact) mass is 736 g/mol. The van der Waals surface area contributed by atoms with Crippen LogP contribution in [0.2, 0.25) is 20.1 Å². The second-order valence-corrected chi connectivity index (χ2v) is 10.8. The molecule has 0 radical (unpaired) electrons. The van der Waals surface area contributed by atoms with Crippen LogP contribution in [0.3, 0.4) is 0 Å². The molecule has 0 aliphatic rings. The molecule has 0 saturated heterocycles. The van der Waals surface area contributed by atoms with Crippen molar-refractivity contribution in [2.45, 2.75) is 39.9 Å². The lowest BCUT2D eigenvalue weighted by atomic mass is 10.1. The summed E-state index contributed by atoms with van der Waals surface area (Å²) in [6, 6.07) is 27.8. The summed E-state index contributed by atoms with van der Waals surface area (Å²) in [5, 5.41) is 27.2. The fourth-order valence-electron chi connectivity index (χ4n) is 3.49. The predicted molar refractivity (Wildman–Crippen MR) is 202 cm³/mol. The summed E-state index contributed by atoms with van der Waals surface area (Å²) in [5.41, 5.74) is 2.72. The molecule has 0 fully saturated rings. The second kappa shape index (κ2) is 26.5. The maximum Gasteiger partial charge on any atom is 0.321 e. The molecule has 8 nitrogen and oxygen atoms in total. The zero-order valence-corrected chi connectivity index (χ0v) is 30.9. The molecule has 0 aromatic heterocycles. The first-order chi connectivity index (χ1) is 23.0. The zero-order valence-electron chi connectivity index (χ0n) is 27.9. The number of para-hydroxylation sites is 2. The molecule has 260 valence electrons. The van der Waals surface area contributed by atoms with Crippen LogP contribution in [0.5, 0.6) is 0 Å². The molecule has 48 heavy (non-hydrogen) atoms. The van der Waals surface area contributed by atoms with Crippen LogP contribution in [0.25, 0.3) is 0 Å². The lowest BCUT2D eigenvalue weighted by molar-refractivity contribution is 0.136. The maximum absolute atomic E-state index is 12.1. The topological polar surface area (TPSA) is 114 Å². The van der Waals surface area contributed by atoms with Crippen LogP contribution in [0.4, 0.5) is 16.2 Å². The van der Waals surface area contributed by atoms with Crippen molar-refractivity contribution in [3.8, 4) is 0 Å². The molecule has 0 aliphatic heterocycles. The quantitative estimate of drug-likeness (QED) is 0.106. The second-order valence-electron chi connectivity index (χ2n) is 9.15. The Morgan fingerprint density at radius 3 is 1.65 bits per heavy atom. The summed E-state index contributed by atoms with van der Waals surface area (Å²) in [4.78, 5) is 26.5. The van der Waals surface area contributed by atoms with Gasteiger partial charge < -0.3 is 25.7 Å². The number of hydrogen-bond acceptors (Lipinski definition) is 6. The summed E-state index contributed by atoms with van der Waals surface area (Å²) < 4.78 is 0. The zero-order chi connectivity index (χ0) is 36.5. The van der Waals surface area contributed by atoms with E-state index < -0.39 is 12.2 Å². The SMILES string of the molecule is CC.CC.CN(CC(O)c1ccc(Cl)c(Cl)c1)C(=O)Nc1ccccc1.CNCC(O)c1ccc(Cl)c(Cl)c1.O=C=Nc1ccccc1. The third-order valence-corrected chi connectivity index (χ3v) is 7.28. The Morgan fingerprint density at radius 2 is 1.21 bits per heavy atom. The summed E-state index contributed by atoms with van der Waals surface area (Å²) in [6.07, 6.45) is 0.0711. The van der Waals surface area contributed by atoms with E-state index in [0.717, 1.165) is 5.56 Å². The molecule has 0 spiro atoms. The van der Waals surface area contributed by atoms with E-state index in [9.17, 15) is 19.8 Å². The first kappa shape index (κ1) is 44.6. The molecule has 0 aliphatic carbocycles. The number of aliphatic hydroxyl groups is 2. The Labute approximate surface area is 304 Å². The minimum atomic E-state index is -0.846. The van der Waals surface area contributed by atoms with Crippen molar-refractivity contribution in [3.63, 3.8) is 0 Å². The van der Waals surface area contributed by atoms with Crippen molar-refractivity contribution in [1.82, 2.24) is 10.2 Å². The van der Waals surface area contributed by atoms with Gasteiger partial charge in [0.15, 0.2) is 0 Å². The molecule has 4 aromatic carbocycles. The van der Waals surface area contributed by atoms with Crippen molar-refractivity contribution in [2.75, 3.05) is 32.5 Å². The normalized spacial score (nSPS) is 10.7. The fourth-order valence-corrected chi connectivity index (χ4v) is 4.11. The summed E-state index contributed by atoms with van der Waals surface area (Å²) in [7, 11) is 3.39. The van der Waals surface area contributed by atoms with Gasteiger partial charge in [0.2, 0.25) is 6.08 Å². The Kier molecular flexibility index (Phi) is 24.6. The van der Waals surface area contributed by atoms with Crippen molar-refractivity contribution < 1.29 is 19.8 Å². The van der Waals surface area contributed by atoms with Crippen LogP contribution in [-0.4, -0.2) is 54.4 Å². The van der Waals surface area contributed by atoms with Gasteiger partial charge in [0.1, 0.15) is 0 Å². The predicted octanol–water partition coefficient (Wildman–Crippen LogP) is 10.1. The van der Waals surface area contributed by atoms with Gasteiger partial charge in [-0.15, -0.1) is 0 Å². The number of carbonyl (C=O) groups excluding carboxylic acids is 2. The summed E-state index contributed by atoms with van der Waals surface area (Å²) in [6.45, 7) is 8.63. The fraction of sp³-hybridized carbons (Fsp3) is 0.278. The van der Waals surface area contributed by atoms with Crippen molar-refractivity contribution >= 4 is 69.9 Å². The van der Waals surface area contributed by atoms with Crippen molar-refractivity contribution in [3.05, 3.63) is 128 Å². The number of nitrogens with zero attached hydrogens (tertiary/aromatic N) is 2. The van der Waals surface area contributed by atoms with Crippen molar-refractivity contribution in [1.29, 1.82) is 0 Å². The minimum Gasteiger partial charge on any atom is -0.387 e. The molecule has 2 unspecified atom stereocenters. The van der Waals surface area contributed by atoms with Crippen molar-refractivity contribution in [2.24, 2.45) is 4.99 Å². The Balaban J connectivity index is 0.000000719. The van der Waals surface area contributed by atoms with E-state index >= 15 is 0 Å². The number of aliphatic hydroxyl groups excluding tert-OH is 2. The Hall–Kier alpha value is -3.43. The third-order valence-electron chi connectivity index (χ3n) is 5.80. The van der Waals surface area contributed by atoms with E-state index in [-0.39, 0.29) is 12.6 Å². The number of urea groups is 1. The number of halogens is 4. The molecular formula is C36H44Cl4N4O4. The highest BCUT2D eigenvalue weighted by atomic mass is 35.5. The van der Waals surface area contributed by atoms with E-state index in [1.54, 1.807) is 74.8 Å². The lowest BCUT2D eigenvalue weighted by Gasteiger charge is -2.21. The van der Waals surface area contributed by atoms with Gasteiger partial charge >= 0.3 is 6.03 Å². The van der Waals surface area contributed by atoms with Crippen LogP contribution >= 0.6 is 46.4 Å². The number of likely N-dealkylation sites (N-methyl/N-ethyl adjacent to an activating group) is 2. The van der Waals surface area contributed by atoms with Gasteiger partial charge in [-0.1, -0.05) is 123 Å². The first-order valence-corrected chi connectivity index (χ1v) is 16.7. The highest BCUT2D eigenvalue weighted by Crippen LogP contribution is 2.26. The van der Waals surface area contributed by atoms with Gasteiger partial charge in [0.25, 0.3) is 0 Å². The van der Waals surface area contributed by atoms with E-state index in [2.05, 4.69) is 15.6 Å². The largest absolute Gasteiger partial charge is 0.387 e. The maximum atomic E-state index is 12.1. The number of aliphatic imine (C=N–C) groups is 1. The highest BCUT2D eigenvalue weighted by Gasteiger charge is 2.16. The van der Waals surface area contributed by atoms with Crippen LogP contribution < -0.4 is 10.6 Å². The molecule has 4 aromatic rings. The number of anilines is 1. The molecule has 0 heterocycles. The number of benzene rings is 4. The van der Waals surface area contributed by atoms with Crippen LogP contribution in [0.15, 0.2) is 102 Å². The third kappa shape index (κ3) is 17.6. The Morgan fingerprint density at radius 1 is 0.750 bits per heavy atom. The summed E-state index contributed by atoms with van der Waals surface area (Å²) >= 11 is 23.3. The first-order valence-electron chi connectivity index (χ1n) is 15.2. The molecule has 0 bridgehead atoms. The lowest BCUT2D eigenvalue weighted by Crippen LogP contribution is -2.34. The number of carbonyl (C=O) groups is 1. The molecule has 0 saturated carbocycles. The molecule has 4 rings (SSSR count). The molecule has 12 heteroatoms. The molecular weight excluding hydrogens is 694 g/mol. The summed E-state index contributed by atoms with van der Waals surface area (Å²) in [5.74, 6) is 0. The van der Waals surface area contributed by atoms with E-state index in [0.29, 0.717) is 43.6 Å². The number of isocyanates is 1. The number of rotatable bonds is 8. The van der Waals surface area contributed by atoms with Gasteiger partial charge in [0, 0.05) is 19.3 Å². The minimum absolute atomic E-state index is 0.136. The van der Waals surface area contributed by atoms with Crippen LogP contribution in [0.1, 0.15) is 51.0 Å². The Bertz CT molecular complexity index is 1510. The standard InChI is InChI=1S/C16H16Cl2N2O2.C9H11Cl2NO.C7H5NO.2C2H6/c1-20(16(22)19-12-5-3-2-4-6-12)10-15(21)11-7-8-13(17)14(18)9-11;1-12-5-9(13)6-2-3-7(10)8(11)4-6;9-6-8-7-4-2-1-3-5-7;2*1-2/h2-9,15,21H,10H2,1H3,(H,19,22);2-4,9,12-13H,5H2,1H3;1-5H;2*1-2H3. The number of nitrogens with one attached hydrogen (secondary N) is 2. The van der Waals surface area contributed by atoms with E-state index in [1.807, 2.05) is 64.1 Å². The average Bonchev–Trinajstić information content (AvgIpc) is 3.10. The van der Waals surface area contributed by atoms with Gasteiger partial charge in [0.05, 0.1) is 44.5 Å². The van der Waals surface area contributed by atoms with Gasteiger partial charge in [-0.2, -0.15) is 4.99 Å². The molecule has 2 amide bonds. The van der Waals surface area contributed by atoms with E-state index in [1.165, 1.54) is 11.0 Å².